The van der Waals surface area contributed by atoms with Gasteiger partial charge in [-0.2, -0.15) is 0 Å². The zero-order valence-electron chi connectivity index (χ0n) is 18.8. The fraction of sp³-hybridized carbons (Fsp3) is 0.231. The zero-order chi connectivity index (χ0) is 23.7. The van der Waals surface area contributed by atoms with Crippen molar-refractivity contribution in [3.05, 3.63) is 99.0 Å². The molecule has 172 valence electrons. The number of fused-ring (bicyclic) bond motifs is 1. The minimum Gasteiger partial charge on any atom is -0.363 e. The van der Waals surface area contributed by atoms with Crippen LogP contribution in [0.25, 0.3) is 10.2 Å². The van der Waals surface area contributed by atoms with E-state index >= 15 is 0 Å². The summed E-state index contributed by atoms with van der Waals surface area (Å²) >= 11 is 1.72. The summed E-state index contributed by atoms with van der Waals surface area (Å²) in [5, 5.41) is 13.0. The van der Waals surface area contributed by atoms with E-state index in [1.807, 2.05) is 29.2 Å². The number of carbonyl (C=O) groups excluding carboxylic acids is 1. The molecule has 0 bridgehead atoms. The summed E-state index contributed by atoms with van der Waals surface area (Å²) in [5.41, 5.74) is 2.39. The Bertz CT molecular complexity index is 1310. The lowest BCUT2D eigenvalue weighted by atomic mass is 10.0. The average Bonchev–Trinajstić information content (AvgIpc) is 3.32. The van der Waals surface area contributed by atoms with Crippen molar-refractivity contribution >= 4 is 38.7 Å². The van der Waals surface area contributed by atoms with Gasteiger partial charge >= 0.3 is 0 Å². The van der Waals surface area contributed by atoms with Crippen molar-refractivity contribution in [1.82, 2.24) is 9.88 Å². The Labute approximate surface area is 201 Å². The van der Waals surface area contributed by atoms with Crippen LogP contribution in [0.5, 0.6) is 0 Å². The van der Waals surface area contributed by atoms with Crippen molar-refractivity contribution in [3.8, 4) is 0 Å². The van der Waals surface area contributed by atoms with Crippen molar-refractivity contribution in [2.24, 2.45) is 0 Å². The number of piperazine rings is 1. The second-order valence-electron chi connectivity index (χ2n) is 8.37. The highest BCUT2D eigenvalue weighted by molar-refractivity contribution is 7.18. The van der Waals surface area contributed by atoms with Crippen LogP contribution in [0, 0.1) is 10.1 Å². The first-order valence-electron chi connectivity index (χ1n) is 11.2. The Hall–Kier alpha value is -3.62. The van der Waals surface area contributed by atoms with E-state index in [0.717, 1.165) is 23.6 Å². The molecule has 1 fully saturated rings. The van der Waals surface area contributed by atoms with Crippen LogP contribution in [0.1, 0.15) is 33.9 Å². The number of para-hydroxylation sites is 1. The summed E-state index contributed by atoms with van der Waals surface area (Å²) in [4.78, 5) is 33.5. The Balaban J connectivity index is 1.32. The Morgan fingerprint density at radius 2 is 1.68 bits per heavy atom. The molecule has 3 aromatic carbocycles. The number of nitro groups is 1. The lowest BCUT2D eigenvalue weighted by Crippen LogP contribution is -2.47. The van der Waals surface area contributed by atoms with E-state index in [2.05, 4.69) is 17.9 Å². The number of aromatic nitrogens is 1. The summed E-state index contributed by atoms with van der Waals surface area (Å²) < 4.78 is 1.18. The van der Waals surface area contributed by atoms with Crippen LogP contribution in [-0.4, -0.2) is 46.8 Å². The molecular formula is C26H24N4O3S. The fourth-order valence-corrected chi connectivity index (χ4v) is 5.46. The summed E-state index contributed by atoms with van der Waals surface area (Å²) in [7, 11) is 0. The highest BCUT2D eigenvalue weighted by Crippen LogP contribution is 2.33. The Morgan fingerprint density at radius 3 is 2.38 bits per heavy atom. The minimum absolute atomic E-state index is 0.0329. The van der Waals surface area contributed by atoms with Gasteiger partial charge in [0.05, 0.1) is 21.2 Å². The lowest BCUT2D eigenvalue weighted by Gasteiger charge is -2.38. The number of rotatable bonds is 6. The molecule has 4 aromatic rings. The molecule has 34 heavy (non-hydrogen) atoms. The zero-order valence-corrected chi connectivity index (χ0v) is 19.6. The highest BCUT2D eigenvalue weighted by atomic mass is 32.1. The van der Waals surface area contributed by atoms with Crippen molar-refractivity contribution in [2.45, 2.75) is 13.0 Å². The first-order chi connectivity index (χ1) is 16.5. The molecule has 0 amide bonds. The van der Waals surface area contributed by atoms with Crippen molar-refractivity contribution in [2.75, 3.05) is 31.1 Å². The van der Waals surface area contributed by atoms with E-state index in [4.69, 9.17) is 4.98 Å². The molecule has 1 unspecified atom stereocenters. The molecule has 2 heterocycles. The highest BCUT2D eigenvalue weighted by Gasteiger charge is 2.28. The molecule has 1 aliphatic heterocycles. The molecule has 0 spiro atoms. The van der Waals surface area contributed by atoms with Gasteiger partial charge in [0.25, 0.3) is 5.69 Å². The molecule has 1 atom stereocenters. The quantitative estimate of drug-likeness (QED) is 0.215. The molecule has 1 aliphatic rings. The van der Waals surface area contributed by atoms with Gasteiger partial charge in [-0.1, -0.05) is 42.5 Å². The Morgan fingerprint density at radius 1 is 0.971 bits per heavy atom. The van der Waals surface area contributed by atoms with Crippen LogP contribution in [-0.2, 0) is 0 Å². The van der Waals surface area contributed by atoms with Gasteiger partial charge in [-0.25, -0.2) is 4.98 Å². The van der Waals surface area contributed by atoms with Crippen LogP contribution in [0.4, 0.5) is 11.4 Å². The first-order valence-corrected chi connectivity index (χ1v) is 12.1. The number of carbonyl (C=O) groups is 1. The topological polar surface area (TPSA) is 79.6 Å². The van der Waals surface area contributed by atoms with Gasteiger partial charge in [-0.05, 0) is 31.2 Å². The van der Waals surface area contributed by atoms with E-state index in [-0.39, 0.29) is 17.5 Å². The number of hydrogen-bond donors (Lipinski definition) is 0. The predicted octanol–water partition coefficient (Wildman–Crippen LogP) is 5.32. The van der Waals surface area contributed by atoms with Crippen molar-refractivity contribution in [1.29, 1.82) is 0 Å². The van der Waals surface area contributed by atoms with Gasteiger partial charge in [0.2, 0.25) is 0 Å². The SMILES string of the molecule is CC(c1nc2ccccc2s1)N1CCN(c2ccc(C(=O)c3ccccc3)cc2[N+](=O)[O-])CC1. The van der Waals surface area contributed by atoms with E-state index in [1.165, 1.54) is 10.8 Å². The minimum atomic E-state index is -0.396. The number of hydrogen-bond acceptors (Lipinski definition) is 7. The largest absolute Gasteiger partial charge is 0.363 e. The van der Waals surface area contributed by atoms with Crippen LogP contribution in [0.15, 0.2) is 72.8 Å². The number of anilines is 1. The molecule has 0 saturated carbocycles. The maximum absolute atomic E-state index is 12.8. The third-order valence-corrected chi connectivity index (χ3v) is 7.55. The molecule has 0 radical (unpaired) electrons. The smallest absolute Gasteiger partial charge is 0.293 e. The molecule has 1 saturated heterocycles. The number of ketones is 1. The van der Waals surface area contributed by atoms with Crippen LogP contribution >= 0.6 is 11.3 Å². The lowest BCUT2D eigenvalue weighted by molar-refractivity contribution is -0.384. The van der Waals surface area contributed by atoms with Crippen molar-refractivity contribution < 1.29 is 9.72 Å². The van der Waals surface area contributed by atoms with Gasteiger partial charge < -0.3 is 4.90 Å². The van der Waals surface area contributed by atoms with Gasteiger partial charge in [-0.15, -0.1) is 11.3 Å². The molecule has 0 N–H and O–H groups in total. The van der Waals surface area contributed by atoms with Gasteiger partial charge in [-0.3, -0.25) is 19.8 Å². The van der Waals surface area contributed by atoms with Gasteiger partial charge in [0.1, 0.15) is 10.7 Å². The maximum Gasteiger partial charge on any atom is 0.293 e. The normalized spacial score (nSPS) is 15.4. The first kappa shape index (κ1) is 22.2. The maximum atomic E-state index is 12.8. The van der Waals surface area contributed by atoms with Crippen LogP contribution < -0.4 is 4.90 Å². The average molecular weight is 473 g/mol. The van der Waals surface area contributed by atoms with Gasteiger partial charge in [0.15, 0.2) is 5.78 Å². The second-order valence-corrected chi connectivity index (χ2v) is 9.44. The van der Waals surface area contributed by atoms with E-state index in [9.17, 15) is 14.9 Å². The van der Waals surface area contributed by atoms with E-state index < -0.39 is 4.92 Å². The summed E-state index contributed by atoms with van der Waals surface area (Å²) in [6.07, 6.45) is 0. The van der Waals surface area contributed by atoms with Crippen molar-refractivity contribution in [3.63, 3.8) is 0 Å². The number of benzene rings is 3. The number of nitrogens with zero attached hydrogens (tertiary/aromatic N) is 4. The molecule has 0 aliphatic carbocycles. The molecule has 1 aromatic heterocycles. The predicted molar refractivity (Wildman–Crippen MR) is 135 cm³/mol. The third-order valence-electron chi connectivity index (χ3n) is 6.34. The van der Waals surface area contributed by atoms with Gasteiger partial charge in [0, 0.05) is 43.4 Å². The number of nitro benzene ring substituents is 1. The van der Waals surface area contributed by atoms with E-state index in [0.29, 0.717) is 29.9 Å². The summed E-state index contributed by atoms with van der Waals surface area (Å²) in [5.74, 6) is -0.218. The fourth-order valence-electron chi connectivity index (χ4n) is 4.41. The summed E-state index contributed by atoms with van der Waals surface area (Å²) in [6, 6.07) is 22.0. The monoisotopic (exact) mass is 472 g/mol. The molecule has 5 rings (SSSR count). The third kappa shape index (κ3) is 4.30. The molecular weight excluding hydrogens is 448 g/mol. The Kier molecular flexibility index (Phi) is 6.08. The van der Waals surface area contributed by atoms with E-state index in [1.54, 1.807) is 47.7 Å². The summed E-state index contributed by atoms with van der Waals surface area (Å²) in [6.45, 7) is 5.06. The molecule has 8 heteroatoms. The number of thiazole rings is 1. The van der Waals surface area contributed by atoms with Crippen LogP contribution in [0.3, 0.4) is 0 Å². The standard InChI is InChI=1S/C26H24N4O3S/c1-18(26-27-21-9-5-6-10-24(21)34-26)28-13-15-29(16-14-28)22-12-11-20(17-23(22)30(32)33)25(31)19-7-3-2-4-8-19/h2-12,17-18H,13-16H2,1H3. The second kappa shape index (κ2) is 9.32. The molecule has 7 nitrogen and oxygen atoms in total. The van der Waals surface area contributed by atoms with Crippen LogP contribution in [0.2, 0.25) is 0 Å².